The van der Waals surface area contributed by atoms with Crippen LogP contribution in [-0.2, 0) is 19.2 Å². The predicted molar refractivity (Wildman–Crippen MR) is 159 cm³/mol. The summed E-state index contributed by atoms with van der Waals surface area (Å²) in [5.41, 5.74) is 1.87. The second-order valence-electron chi connectivity index (χ2n) is 11.6. The lowest BCUT2D eigenvalue weighted by Gasteiger charge is -2.36. The summed E-state index contributed by atoms with van der Waals surface area (Å²) < 4.78 is 17.0. The third-order valence-corrected chi connectivity index (χ3v) is 9.03. The third-order valence-electron chi connectivity index (χ3n) is 7.46. The lowest BCUT2D eigenvalue weighted by Crippen LogP contribution is -2.59. The van der Waals surface area contributed by atoms with Crippen LogP contribution >= 0.6 is 34.2 Å². The zero-order valence-corrected chi connectivity index (χ0v) is 26.0. The quantitative estimate of drug-likeness (QED) is 0.271. The van der Waals surface area contributed by atoms with Gasteiger partial charge in [-0.2, -0.15) is 0 Å². The highest BCUT2D eigenvalue weighted by Crippen LogP contribution is 2.40. The van der Waals surface area contributed by atoms with Gasteiger partial charge in [-0.3, -0.25) is 22.7 Å². The Kier molecular flexibility index (Phi) is 9.18. The van der Waals surface area contributed by atoms with E-state index in [1.165, 1.54) is 4.90 Å². The van der Waals surface area contributed by atoms with E-state index in [0.29, 0.717) is 19.4 Å². The lowest BCUT2D eigenvalue weighted by atomic mass is 9.85. The maximum atomic E-state index is 14.4. The van der Waals surface area contributed by atoms with Gasteiger partial charge in [0.2, 0.25) is 17.7 Å². The number of aromatic nitrogens is 1. The van der Waals surface area contributed by atoms with Crippen LogP contribution < -0.4 is 14.2 Å². The van der Waals surface area contributed by atoms with E-state index in [0.717, 1.165) is 21.7 Å². The average Bonchev–Trinajstić information content (AvgIpc) is 3.28. The molecule has 0 bridgehead atoms. The first kappa shape index (κ1) is 30.4. The Morgan fingerprint density at radius 2 is 1.85 bits per heavy atom. The topological polar surface area (TPSA) is 120 Å². The molecule has 2 aliphatic rings. The molecular weight excluding hydrogens is 648 g/mol. The summed E-state index contributed by atoms with van der Waals surface area (Å²) >= 11 is 3.31. The van der Waals surface area contributed by atoms with Crippen molar-refractivity contribution in [1.29, 1.82) is 0 Å². The molecular formula is C28H35FIN5O4S. The Hall–Kier alpha value is -2.61. The molecule has 2 heterocycles. The van der Waals surface area contributed by atoms with Crippen molar-refractivity contribution in [3.05, 3.63) is 41.0 Å². The van der Waals surface area contributed by atoms with Crippen molar-refractivity contribution < 1.29 is 23.6 Å². The number of nitrogens with one attached hydrogen (secondary N) is 3. The molecule has 40 heavy (non-hydrogen) atoms. The standard InChI is InChI=1S/C28H35FIN5O4S/c1-16-22(40-15-31-16)18-9-7-17(8-10-18)19(14-21(36)34-30)32-24(37)20-6-5-13-35(20)25(38)23(27(2,3)4)33-26(39)28(29)11-12-28/h7-10,15,19-20,23H,5-6,11-14H2,1-4H3,(H,32,37)(H,33,39)(H,34,36)/t19?,20-,23+/m0/s1. The Morgan fingerprint density at radius 1 is 1.18 bits per heavy atom. The van der Waals surface area contributed by atoms with E-state index >= 15 is 0 Å². The number of carbonyl (C=O) groups is 4. The molecule has 1 unspecified atom stereocenters. The number of hydrogen-bond acceptors (Lipinski definition) is 6. The molecule has 1 aromatic carbocycles. The lowest BCUT2D eigenvalue weighted by molar-refractivity contribution is -0.145. The third kappa shape index (κ3) is 6.81. The minimum atomic E-state index is -1.91. The summed E-state index contributed by atoms with van der Waals surface area (Å²) in [4.78, 5) is 58.9. The van der Waals surface area contributed by atoms with Crippen molar-refractivity contribution in [2.24, 2.45) is 5.41 Å². The van der Waals surface area contributed by atoms with Crippen molar-refractivity contribution in [3.63, 3.8) is 0 Å². The molecule has 1 saturated heterocycles. The fraction of sp³-hybridized carbons (Fsp3) is 0.536. The summed E-state index contributed by atoms with van der Waals surface area (Å²) in [5.74, 6) is -1.80. The van der Waals surface area contributed by atoms with Gasteiger partial charge >= 0.3 is 0 Å². The van der Waals surface area contributed by atoms with Crippen LogP contribution in [0.3, 0.4) is 0 Å². The highest BCUT2D eigenvalue weighted by molar-refractivity contribution is 14.1. The molecule has 4 amide bonds. The molecule has 3 N–H and O–H groups in total. The first-order valence-corrected chi connectivity index (χ1v) is 15.3. The van der Waals surface area contributed by atoms with Crippen molar-refractivity contribution in [2.45, 2.75) is 83.6 Å². The van der Waals surface area contributed by atoms with Gasteiger partial charge in [-0.25, -0.2) is 9.37 Å². The summed E-state index contributed by atoms with van der Waals surface area (Å²) in [7, 11) is 0. The van der Waals surface area contributed by atoms with Crippen LogP contribution in [-0.4, -0.2) is 57.8 Å². The Bertz CT molecular complexity index is 1270. The van der Waals surface area contributed by atoms with Crippen LogP contribution in [0.2, 0.25) is 0 Å². The maximum absolute atomic E-state index is 14.4. The van der Waals surface area contributed by atoms with Crippen molar-refractivity contribution in [1.82, 2.24) is 24.0 Å². The second-order valence-corrected chi connectivity index (χ2v) is 13.0. The first-order chi connectivity index (χ1) is 18.8. The SMILES string of the molecule is Cc1ncsc1-c1ccc(C(CC(=O)NI)NC(=O)[C@@H]2CCCN2C(=O)[C@@H](NC(=O)C2(F)CC2)C(C)(C)C)cc1. The van der Waals surface area contributed by atoms with Crippen molar-refractivity contribution in [2.75, 3.05) is 6.54 Å². The predicted octanol–water partition coefficient (Wildman–Crippen LogP) is 4.16. The monoisotopic (exact) mass is 683 g/mol. The molecule has 1 saturated carbocycles. The summed E-state index contributed by atoms with van der Waals surface area (Å²) in [6.07, 6.45) is 1.38. The molecule has 4 rings (SSSR count). The summed E-state index contributed by atoms with van der Waals surface area (Å²) in [5, 5.41) is 5.61. The molecule has 0 radical (unpaired) electrons. The van der Waals surface area contributed by atoms with Crippen LogP contribution in [0.15, 0.2) is 29.8 Å². The number of halogens is 2. The number of benzene rings is 1. The highest BCUT2D eigenvalue weighted by Gasteiger charge is 2.53. The first-order valence-electron chi connectivity index (χ1n) is 13.3. The Balaban J connectivity index is 1.51. The number of hydrogen-bond donors (Lipinski definition) is 3. The van der Waals surface area contributed by atoms with E-state index in [9.17, 15) is 23.6 Å². The molecule has 1 aliphatic heterocycles. The van der Waals surface area contributed by atoms with E-state index in [-0.39, 0.29) is 31.1 Å². The number of thiazole rings is 1. The molecule has 9 nitrogen and oxygen atoms in total. The molecule has 0 spiro atoms. The second kappa shape index (κ2) is 12.1. The van der Waals surface area contributed by atoms with Crippen LogP contribution in [0.25, 0.3) is 10.4 Å². The minimum absolute atomic E-state index is 0.0214. The van der Waals surface area contributed by atoms with E-state index in [1.807, 2.05) is 31.2 Å². The number of likely N-dealkylation sites (tertiary alicyclic amines) is 1. The van der Waals surface area contributed by atoms with Gasteiger partial charge in [-0.15, -0.1) is 11.3 Å². The van der Waals surface area contributed by atoms with E-state index in [4.69, 9.17) is 0 Å². The number of carbonyl (C=O) groups excluding carboxylic acids is 4. The normalized spacial score (nSPS) is 19.4. The van der Waals surface area contributed by atoms with Crippen molar-refractivity contribution in [3.8, 4) is 10.4 Å². The number of rotatable bonds is 9. The Morgan fingerprint density at radius 3 is 2.40 bits per heavy atom. The number of aryl methyl sites for hydroxylation is 1. The zero-order chi connectivity index (χ0) is 29.2. The molecule has 1 aromatic heterocycles. The maximum Gasteiger partial charge on any atom is 0.258 e. The van der Waals surface area contributed by atoms with E-state index < -0.39 is 41.0 Å². The molecule has 1 aliphatic carbocycles. The number of alkyl halides is 1. The number of nitrogens with zero attached hydrogens (tertiary/aromatic N) is 2. The van der Waals surface area contributed by atoms with Crippen LogP contribution in [0.1, 0.15) is 70.2 Å². The Labute approximate surface area is 251 Å². The van der Waals surface area contributed by atoms with Gasteiger partial charge in [-0.1, -0.05) is 45.0 Å². The molecule has 2 fully saturated rings. The van der Waals surface area contributed by atoms with E-state index in [2.05, 4.69) is 19.1 Å². The van der Waals surface area contributed by atoms with Gasteiger partial charge in [0.25, 0.3) is 5.91 Å². The van der Waals surface area contributed by atoms with E-state index in [1.54, 1.807) is 60.5 Å². The van der Waals surface area contributed by atoms with Gasteiger partial charge in [0.1, 0.15) is 12.1 Å². The van der Waals surface area contributed by atoms with Gasteiger partial charge in [0.15, 0.2) is 5.67 Å². The molecule has 216 valence electrons. The van der Waals surface area contributed by atoms with Gasteiger partial charge in [-0.05, 0) is 49.1 Å². The minimum Gasteiger partial charge on any atom is -0.347 e. The fourth-order valence-electron chi connectivity index (χ4n) is 4.90. The molecule has 2 aromatic rings. The fourth-order valence-corrected chi connectivity index (χ4v) is 5.94. The van der Waals surface area contributed by atoms with Gasteiger partial charge < -0.3 is 15.5 Å². The molecule has 3 atom stereocenters. The molecule has 12 heteroatoms. The van der Waals surface area contributed by atoms with Crippen molar-refractivity contribution >= 4 is 57.8 Å². The van der Waals surface area contributed by atoms with Gasteiger partial charge in [0, 0.05) is 6.54 Å². The van der Waals surface area contributed by atoms with Crippen LogP contribution in [0, 0.1) is 12.3 Å². The number of amides is 4. The van der Waals surface area contributed by atoms with Crippen LogP contribution in [0.5, 0.6) is 0 Å². The largest absolute Gasteiger partial charge is 0.347 e. The van der Waals surface area contributed by atoms with Gasteiger partial charge in [0.05, 0.1) is 51.4 Å². The smallest absolute Gasteiger partial charge is 0.258 e. The zero-order valence-electron chi connectivity index (χ0n) is 23.1. The van der Waals surface area contributed by atoms with Crippen LogP contribution in [0.4, 0.5) is 4.39 Å². The highest BCUT2D eigenvalue weighted by atomic mass is 127. The summed E-state index contributed by atoms with van der Waals surface area (Å²) in [6, 6.07) is 5.28. The average molecular weight is 684 g/mol. The summed E-state index contributed by atoms with van der Waals surface area (Å²) in [6.45, 7) is 7.69.